The van der Waals surface area contributed by atoms with Gasteiger partial charge in [0.2, 0.25) is 5.91 Å². The Kier molecular flexibility index (Phi) is 5.08. The maximum Gasteiger partial charge on any atom is 0.237 e. The Morgan fingerprint density at radius 3 is 2.75 bits per heavy atom. The summed E-state index contributed by atoms with van der Waals surface area (Å²) in [7, 11) is 0. The van der Waals surface area contributed by atoms with Crippen LogP contribution in [0.25, 0.3) is 0 Å². The number of carbonyl (C=O) groups excluding carboxylic acids is 1. The second-order valence-electron chi connectivity index (χ2n) is 7.11. The van der Waals surface area contributed by atoms with Crippen molar-refractivity contribution in [3.05, 3.63) is 0 Å². The predicted octanol–water partition coefficient (Wildman–Crippen LogP) is 1.90. The predicted molar refractivity (Wildman–Crippen MR) is 82.7 cm³/mol. The van der Waals surface area contributed by atoms with Crippen LogP contribution in [0.1, 0.15) is 59.8 Å². The second kappa shape index (κ2) is 6.44. The smallest absolute Gasteiger partial charge is 0.237 e. The lowest BCUT2D eigenvalue weighted by molar-refractivity contribution is -0.124. The fourth-order valence-corrected chi connectivity index (χ4v) is 3.37. The van der Waals surface area contributed by atoms with E-state index in [0.717, 1.165) is 6.42 Å². The van der Waals surface area contributed by atoms with Gasteiger partial charge in [-0.3, -0.25) is 9.69 Å². The van der Waals surface area contributed by atoms with Crippen molar-refractivity contribution in [2.24, 2.45) is 0 Å². The monoisotopic (exact) mass is 281 g/mol. The number of rotatable bonds is 5. The highest BCUT2D eigenvalue weighted by atomic mass is 16.2. The summed E-state index contributed by atoms with van der Waals surface area (Å²) >= 11 is 0. The molecule has 3 unspecified atom stereocenters. The zero-order valence-electron chi connectivity index (χ0n) is 13.5. The molecule has 116 valence electrons. The fraction of sp³-hybridized carbons (Fsp3) is 0.938. The molecule has 0 radical (unpaired) electrons. The summed E-state index contributed by atoms with van der Waals surface area (Å²) < 4.78 is 0. The van der Waals surface area contributed by atoms with Crippen molar-refractivity contribution >= 4 is 5.91 Å². The lowest BCUT2D eigenvalue weighted by Gasteiger charge is -2.34. The molecule has 2 aliphatic rings. The van der Waals surface area contributed by atoms with Crippen LogP contribution in [0.5, 0.6) is 0 Å². The van der Waals surface area contributed by atoms with Gasteiger partial charge in [-0.1, -0.05) is 13.3 Å². The van der Waals surface area contributed by atoms with Gasteiger partial charge in [-0.2, -0.15) is 0 Å². The van der Waals surface area contributed by atoms with Crippen molar-refractivity contribution in [2.45, 2.75) is 83.5 Å². The van der Waals surface area contributed by atoms with Crippen LogP contribution in [0, 0.1) is 0 Å². The third kappa shape index (κ3) is 3.73. The van der Waals surface area contributed by atoms with Crippen molar-refractivity contribution in [1.29, 1.82) is 0 Å². The number of fused-ring (bicyclic) bond motifs is 1. The van der Waals surface area contributed by atoms with E-state index in [1.807, 2.05) is 6.92 Å². The third-order valence-electron chi connectivity index (χ3n) is 5.06. The Hall–Kier alpha value is -0.610. The zero-order chi connectivity index (χ0) is 14.8. The highest BCUT2D eigenvalue weighted by molar-refractivity contribution is 5.82. The van der Waals surface area contributed by atoms with Crippen LogP contribution >= 0.6 is 0 Å². The maximum absolute atomic E-state index is 12.3. The molecule has 4 nitrogen and oxygen atoms in total. The minimum Gasteiger partial charge on any atom is -0.350 e. The molecule has 0 spiro atoms. The minimum absolute atomic E-state index is 0.104. The normalized spacial score (nSPS) is 29.0. The quantitative estimate of drug-likeness (QED) is 0.809. The van der Waals surface area contributed by atoms with Crippen LogP contribution in [0.15, 0.2) is 0 Å². The Bertz CT molecular complexity index is 343. The Morgan fingerprint density at radius 1 is 1.30 bits per heavy atom. The number of nitrogens with one attached hydrogen (secondary N) is 2. The standard InChI is InChI=1S/C16H31N3O/c1-5-16(3,4)18-15(20)12(2)17-13-9-11-19-10-7-6-8-14(13)19/h12-14,17H,5-11H2,1-4H3,(H,18,20). The number of carbonyl (C=O) groups is 1. The molecule has 2 N–H and O–H groups in total. The molecule has 0 bridgehead atoms. The summed E-state index contributed by atoms with van der Waals surface area (Å²) in [6, 6.07) is 1.03. The molecule has 0 aromatic carbocycles. The summed E-state index contributed by atoms with van der Waals surface area (Å²) in [5, 5.41) is 6.71. The third-order valence-corrected chi connectivity index (χ3v) is 5.06. The molecule has 0 aromatic rings. The second-order valence-corrected chi connectivity index (χ2v) is 7.11. The van der Waals surface area contributed by atoms with Crippen LogP contribution in [-0.4, -0.2) is 47.6 Å². The van der Waals surface area contributed by atoms with Crippen LogP contribution in [-0.2, 0) is 4.79 Å². The van der Waals surface area contributed by atoms with Gasteiger partial charge in [-0.25, -0.2) is 0 Å². The van der Waals surface area contributed by atoms with Crippen molar-refractivity contribution in [1.82, 2.24) is 15.5 Å². The van der Waals surface area contributed by atoms with Gasteiger partial charge in [0.25, 0.3) is 0 Å². The van der Waals surface area contributed by atoms with E-state index in [9.17, 15) is 4.79 Å². The average Bonchev–Trinajstić information content (AvgIpc) is 2.82. The first-order valence-corrected chi connectivity index (χ1v) is 8.25. The maximum atomic E-state index is 12.3. The number of nitrogens with zero attached hydrogens (tertiary/aromatic N) is 1. The Balaban J connectivity index is 1.85. The molecule has 20 heavy (non-hydrogen) atoms. The van der Waals surface area contributed by atoms with Crippen LogP contribution < -0.4 is 10.6 Å². The van der Waals surface area contributed by atoms with E-state index in [4.69, 9.17) is 0 Å². The Morgan fingerprint density at radius 2 is 2.05 bits per heavy atom. The Labute approximate surface area is 123 Å². The lowest BCUT2D eigenvalue weighted by Crippen LogP contribution is -2.55. The molecule has 2 rings (SSSR count). The molecule has 2 heterocycles. The summed E-state index contributed by atoms with van der Waals surface area (Å²) in [4.78, 5) is 14.9. The number of piperidine rings is 1. The minimum atomic E-state index is -0.112. The summed E-state index contributed by atoms with van der Waals surface area (Å²) in [6.45, 7) is 10.7. The van der Waals surface area contributed by atoms with Gasteiger partial charge in [0.15, 0.2) is 0 Å². The van der Waals surface area contributed by atoms with Crippen LogP contribution in [0.2, 0.25) is 0 Å². The molecule has 2 aliphatic heterocycles. The number of hydrogen-bond donors (Lipinski definition) is 2. The van der Waals surface area contributed by atoms with Crippen LogP contribution in [0.4, 0.5) is 0 Å². The van der Waals surface area contributed by atoms with Gasteiger partial charge in [0.1, 0.15) is 0 Å². The van der Waals surface area contributed by atoms with Gasteiger partial charge >= 0.3 is 0 Å². The van der Waals surface area contributed by atoms with E-state index < -0.39 is 0 Å². The van der Waals surface area contributed by atoms with E-state index >= 15 is 0 Å². The van der Waals surface area contributed by atoms with E-state index in [0.29, 0.717) is 12.1 Å². The summed E-state index contributed by atoms with van der Waals surface area (Å²) in [5.41, 5.74) is -0.112. The molecule has 3 atom stereocenters. The largest absolute Gasteiger partial charge is 0.350 e. The molecule has 2 fully saturated rings. The molecule has 4 heteroatoms. The lowest BCUT2D eigenvalue weighted by atomic mass is 9.98. The zero-order valence-corrected chi connectivity index (χ0v) is 13.5. The molecule has 0 aromatic heterocycles. The fourth-order valence-electron chi connectivity index (χ4n) is 3.37. The topological polar surface area (TPSA) is 44.4 Å². The molecule has 0 saturated carbocycles. The van der Waals surface area contributed by atoms with E-state index in [2.05, 4.69) is 36.3 Å². The average molecular weight is 281 g/mol. The molecule has 1 amide bonds. The molecular formula is C16H31N3O. The number of hydrogen-bond acceptors (Lipinski definition) is 3. The molecular weight excluding hydrogens is 250 g/mol. The molecule has 0 aliphatic carbocycles. The van der Waals surface area contributed by atoms with E-state index in [-0.39, 0.29) is 17.5 Å². The highest BCUT2D eigenvalue weighted by Crippen LogP contribution is 2.27. The first kappa shape index (κ1) is 15.8. The van der Waals surface area contributed by atoms with Crippen molar-refractivity contribution in [3.63, 3.8) is 0 Å². The first-order chi connectivity index (χ1) is 9.43. The van der Waals surface area contributed by atoms with Gasteiger partial charge in [-0.15, -0.1) is 0 Å². The summed E-state index contributed by atoms with van der Waals surface area (Å²) in [6.07, 6.45) is 6.09. The van der Waals surface area contributed by atoms with Gasteiger partial charge in [0, 0.05) is 24.2 Å². The first-order valence-electron chi connectivity index (χ1n) is 8.25. The van der Waals surface area contributed by atoms with Crippen molar-refractivity contribution < 1.29 is 4.79 Å². The van der Waals surface area contributed by atoms with Crippen LogP contribution in [0.3, 0.4) is 0 Å². The van der Waals surface area contributed by atoms with Crippen molar-refractivity contribution in [3.8, 4) is 0 Å². The van der Waals surface area contributed by atoms with E-state index in [1.165, 1.54) is 38.8 Å². The van der Waals surface area contributed by atoms with E-state index in [1.54, 1.807) is 0 Å². The van der Waals surface area contributed by atoms with Gasteiger partial charge in [-0.05, 0) is 53.0 Å². The van der Waals surface area contributed by atoms with Gasteiger partial charge < -0.3 is 10.6 Å². The van der Waals surface area contributed by atoms with Crippen molar-refractivity contribution in [2.75, 3.05) is 13.1 Å². The number of amides is 1. The van der Waals surface area contributed by atoms with Gasteiger partial charge in [0.05, 0.1) is 6.04 Å². The highest BCUT2D eigenvalue weighted by Gasteiger charge is 2.36. The summed E-state index contributed by atoms with van der Waals surface area (Å²) in [5.74, 6) is 0.131. The molecule has 2 saturated heterocycles. The SMILES string of the molecule is CCC(C)(C)NC(=O)C(C)NC1CCN2CCCCC12.